The molecule has 5 atom stereocenters. The number of anilines is 1. The second-order valence-electron chi connectivity index (χ2n) is 11.9. The van der Waals surface area contributed by atoms with Crippen molar-refractivity contribution in [1.82, 2.24) is 10.2 Å². The lowest BCUT2D eigenvalue weighted by atomic mass is 9.74. The van der Waals surface area contributed by atoms with Crippen molar-refractivity contribution in [2.75, 3.05) is 5.32 Å². The van der Waals surface area contributed by atoms with Gasteiger partial charge in [0.05, 0.1) is 17.9 Å². The van der Waals surface area contributed by atoms with Crippen LogP contribution in [-0.2, 0) is 25.7 Å². The molecule has 1 saturated carbocycles. The lowest BCUT2D eigenvalue weighted by molar-refractivity contribution is -0.142. The molecule has 2 bridgehead atoms. The van der Waals surface area contributed by atoms with Crippen LogP contribution < -0.4 is 10.6 Å². The highest BCUT2D eigenvalue weighted by molar-refractivity contribution is 6.31. The van der Waals surface area contributed by atoms with Crippen LogP contribution in [0.3, 0.4) is 0 Å². The van der Waals surface area contributed by atoms with Crippen molar-refractivity contribution in [1.29, 1.82) is 0 Å². The molecule has 0 radical (unpaired) electrons. The van der Waals surface area contributed by atoms with Crippen LogP contribution in [0.5, 0.6) is 0 Å². The molecule has 8 heteroatoms. The topological polar surface area (TPSA) is 87.7 Å². The number of carbonyl (C=O) groups excluding carboxylic acids is 3. The summed E-state index contributed by atoms with van der Waals surface area (Å²) in [5, 5.41) is 6.75. The molecular weight excluding hydrogens is 526 g/mol. The van der Waals surface area contributed by atoms with Crippen molar-refractivity contribution in [3.05, 3.63) is 76.8 Å². The first kappa shape index (κ1) is 27.0. The molecule has 6 rings (SSSR count). The van der Waals surface area contributed by atoms with Crippen LogP contribution in [-0.4, -0.2) is 46.4 Å². The molecule has 3 fully saturated rings. The molecule has 1 spiro atoms. The number of rotatable bonds is 7. The Bertz CT molecular complexity index is 1340. The monoisotopic (exact) mass is 561 g/mol. The number of fused-ring (bicyclic) bond motifs is 1. The van der Waals surface area contributed by atoms with Gasteiger partial charge in [-0.25, -0.2) is 0 Å². The Hall–Kier alpha value is -3.16. The summed E-state index contributed by atoms with van der Waals surface area (Å²) in [4.78, 5) is 43.4. The highest BCUT2D eigenvalue weighted by atomic mass is 35.5. The summed E-state index contributed by atoms with van der Waals surface area (Å²) in [6.45, 7) is 4.39. The molecule has 4 aliphatic rings. The third kappa shape index (κ3) is 4.63. The minimum Gasteiger partial charge on any atom is -0.359 e. The van der Waals surface area contributed by atoms with Crippen molar-refractivity contribution >= 4 is 35.0 Å². The van der Waals surface area contributed by atoms with E-state index in [-0.39, 0.29) is 30.3 Å². The Labute approximate surface area is 240 Å². The molecule has 0 aromatic heterocycles. The van der Waals surface area contributed by atoms with Crippen LogP contribution in [0.25, 0.3) is 0 Å². The third-order valence-electron chi connectivity index (χ3n) is 9.02. The molecule has 7 nitrogen and oxygen atoms in total. The fourth-order valence-corrected chi connectivity index (χ4v) is 7.15. The van der Waals surface area contributed by atoms with Gasteiger partial charge in [-0.3, -0.25) is 14.4 Å². The lowest BCUT2D eigenvalue weighted by Crippen LogP contribution is -2.56. The average Bonchev–Trinajstić information content (AvgIpc) is 3.58. The van der Waals surface area contributed by atoms with Crippen molar-refractivity contribution in [3.63, 3.8) is 0 Å². The number of hydrogen-bond donors (Lipinski definition) is 2. The van der Waals surface area contributed by atoms with Crippen LogP contribution in [0.1, 0.15) is 63.0 Å². The fraction of sp³-hybridized carbons (Fsp3) is 0.469. The quantitative estimate of drug-likeness (QED) is 0.455. The number of nitrogens with zero attached hydrogens (tertiary/aromatic N) is 1. The number of halogens is 1. The molecule has 3 amide bonds. The maximum absolute atomic E-state index is 14.2. The number of hydrogen-bond acceptors (Lipinski definition) is 4. The first-order valence-corrected chi connectivity index (χ1v) is 14.8. The number of carbonyl (C=O) groups is 3. The minimum absolute atomic E-state index is 0.0736. The second-order valence-corrected chi connectivity index (χ2v) is 12.3. The Morgan fingerprint density at radius 1 is 1.05 bits per heavy atom. The molecule has 2 aromatic rings. The number of likely N-dealkylation sites (tertiary alicyclic amines) is 1. The third-order valence-corrected chi connectivity index (χ3v) is 9.39. The summed E-state index contributed by atoms with van der Waals surface area (Å²) in [7, 11) is 0. The Kier molecular flexibility index (Phi) is 7.21. The maximum Gasteiger partial charge on any atom is 0.246 e. The van der Waals surface area contributed by atoms with E-state index in [2.05, 4.69) is 24.5 Å². The number of nitrogens with one attached hydrogen (secondary N) is 2. The average molecular weight is 562 g/mol. The zero-order valence-corrected chi connectivity index (χ0v) is 23.7. The van der Waals surface area contributed by atoms with Crippen LogP contribution in [0, 0.1) is 11.8 Å². The van der Waals surface area contributed by atoms with Crippen LogP contribution in [0.2, 0.25) is 5.02 Å². The zero-order valence-electron chi connectivity index (χ0n) is 22.9. The lowest BCUT2D eigenvalue weighted by Gasteiger charge is -2.34. The molecule has 3 aliphatic heterocycles. The van der Waals surface area contributed by atoms with E-state index in [1.807, 2.05) is 54.6 Å². The molecule has 210 valence electrons. The number of amides is 3. The summed E-state index contributed by atoms with van der Waals surface area (Å²) in [6, 6.07) is 14.3. The maximum atomic E-state index is 14.2. The van der Waals surface area contributed by atoms with Gasteiger partial charge in [-0.15, -0.1) is 0 Å². The summed E-state index contributed by atoms with van der Waals surface area (Å²) in [5.41, 5.74) is 1.39. The standard InChI is InChI=1S/C32H36ClN3O4/c1-19(2)20-12-14-23(15-13-20)34-29(37)26-25-16-17-32(40-25)27(26)31(39)36(18-21-8-6-7-11-24(21)33)28(32)30(38)35-22-9-4-3-5-10-22/h6-8,11-17,19,22,25-28H,3-5,9-10,18H2,1-2H3,(H,34,37)(H,35,38)/t25-,26+,27-,28+,32-/m1/s1. The fourth-order valence-electron chi connectivity index (χ4n) is 6.95. The van der Waals surface area contributed by atoms with Gasteiger partial charge in [-0.2, -0.15) is 0 Å². The van der Waals surface area contributed by atoms with Crippen LogP contribution >= 0.6 is 11.6 Å². The highest BCUT2D eigenvalue weighted by Gasteiger charge is 2.72. The van der Waals surface area contributed by atoms with Gasteiger partial charge in [0.1, 0.15) is 11.6 Å². The molecule has 0 unspecified atom stereocenters. The predicted molar refractivity (Wildman–Crippen MR) is 154 cm³/mol. The van der Waals surface area contributed by atoms with Gasteiger partial charge in [0, 0.05) is 23.3 Å². The van der Waals surface area contributed by atoms with E-state index in [0.717, 1.165) is 31.2 Å². The van der Waals surface area contributed by atoms with E-state index < -0.39 is 29.6 Å². The molecule has 40 heavy (non-hydrogen) atoms. The number of ether oxygens (including phenoxy) is 1. The first-order valence-electron chi connectivity index (χ1n) is 14.4. The predicted octanol–water partition coefficient (Wildman–Crippen LogP) is 5.20. The van der Waals surface area contributed by atoms with E-state index in [1.165, 1.54) is 12.0 Å². The van der Waals surface area contributed by atoms with Gasteiger partial charge < -0.3 is 20.3 Å². The molecule has 2 N–H and O–H groups in total. The van der Waals surface area contributed by atoms with Gasteiger partial charge in [0.15, 0.2) is 0 Å². The van der Waals surface area contributed by atoms with E-state index in [4.69, 9.17) is 16.3 Å². The minimum atomic E-state index is -1.20. The molecule has 2 saturated heterocycles. The molecule has 3 heterocycles. The molecule has 1 aliphatic carbocycles. The zero-order chi connectivity index (χ0) is 28.0. The van der Waals surface area contributed by atoms with E-state index in [1.54, 1.807) is 11.0 Å². The molecule has 2 aromatic carbocycles. The van der Waals surface area contributed by atoms with Gasteiger partial charge >= 0.3 is 0 Å². The van der Waals surface area contributed by atoms with Gasteiger partial charge in [0.25, 0.3) is 0 Å². The van der Waals surface area contributed by atoms with Crippen LogP contribution in [0.15, 0.2) is 60.7 Å². The van der Waals surface area contributed by atoms with Gasteiger partial charge in [-0.1, -0.05) is 87.2 Å². The van der Waals surface area contributed by atoms with Crippen LogP contribution in [0.4, 0.5) is 5.69 Å². The van der Waals surface area contributed by atoms with E-state index in [0.29, 0.717) is 16.6 Å². The SMILES string of the molecule is CC(C)c1ccc(NC(=O)[C@H]2[C@H]3C=C[C@]4(O3)[C@H](C(=O)NC3CCCCC3)N(Cc3ccccc3Cl)C(=O)[C@@H]24)cc1. The van der Waals surface area contributed by atoms with Crippen molar-refractivity contribution < 1.29 is 19.1 Å². The van der Waals surface area contributed by atoms with Crippen molar-refractivity contribution in [2.45, 2.75) is 82.2 Å². The van der Waals surface area contributed by atoms with Gasteiger partial charge in [0.2, 0.25) is 17.7 Å². The normalized spacial score (nSPS) is 29.2. The van der Waals surface area contributed by atoms with E-state index in [9.17, 15) is 14.4 Å². The van der Waals surface area contributed by atoms with E-state index >= 15 is 0 Å². The Morgan fingerprint density at radius 2 is 1.77 bits per heavy atom. The highest BCUT2D eigenvalue weighted by Crippen LogP contribution is 2.55. The Morgan fingerprint density at radius 3 is 2.48 bits per heavy atom. The first-order chi connectivity index (χ1) is 19.3. The second kappa shape index (κ2) is 10.7. The summed E-state index contributed by atoms with van der Waals surface area (Å²) < 4.78 is 6.47. The number of benzene rings is 2. The van der Waals surface area contributed by atoms with Crippen molar-refractivity contribution in [3.8, 4) is 0 Å². The summed E-state index contributed by atoms with van der Waals surface area (Å²) >= 11 is 6.48. The summed E-state index contributed by atoms with van der Waals surface area (Å²) in [6.07, 6.45) is 8.28. The molecular formula is C32H36ClN3O4. The van der Waals surface area contributed by atoms with Crippen molar-refractivity contribution in [2.24, 2.45) is 11.8 Å². The van der Waals surface area contributed by atoms with Gasteiger partial charge in [-0.05, 0) is 48.1 Å². The summed E-state index contributed by atoms with van der Waals surface area (Å²) in [5.74, 6) is -1.94. The largest absolute Gasteiger partial charge is 0.359 e. The Balaban J connectivity index is 1.31. The smallest absolute Gasteiger partial charge is 0.246 e.